The topological polar surface area (TPSA) is 89.5 Å². The molecule has 3 heterocycles. The fourth-order valence-corrected chi connectivity index (χ4v) is 3.26. The fraction of sp³-hybridized carbons (Fsp3) is 0.200. The molecule has 0 aliphatic heterocycles. The van der Waals surface area contributed by atoms with E-state index in [1.54, 1.807) is 12.3 Å². The smallest absolute Gasteiger partial charge is 0.325 e. The Morgan fingerprint density at radius 3 is 2.67 bits per heavy atom. The van der Waals surface area contributed by atoms with Crippen molar-refractivity contribution in [3.63, 3.8) is 0 Å². The van der Waals surface area contributed by atoms with E-state index in [2.05, 4.69) is 29.3 Å². The first kappa shape index (κ1) is 17.0. The number of hydrogen-bond donors (Lipinski definition) is 1. The number of hydrogen-bond acceptors (Lipinski definition) is 4. The third kappa shape index (κ3) is 2.97. The van der Waals surface area contributed by atoms with Crippen molar-refractivity contribution >= 4 is 28.3 Å². The summed E-state index contributed by atoms with van der Waals surface area (Å²) in [6.07, 6.45) is 6.79. The zero-order valence-electron chi connectivity index (χ0n) is 15.0. The molecular weight excluding hydrogens is 344 g/mol. The highest BCUT2D eigenvalue weighted by Crippen LogP contribution is 2.27. The molecule has 0 aliphatic rings. The summed E-state index contributed by atoms with van der Waals surface area (Å²) in [4.78, 5) is 27.6. The average molecular weight is 362 g/mol. The second kappa shape index (κ2) is 6.35. The molecular formula is C20H18N4O3. The number of carbonyl (C=O) groups excluding carboxylic acids is 1. The molecule has 7 nitrogen and oxygen atoms in total. The van der Waals surface area contributed by atoms with Crippen molar-refractivity contribution in [2.24, 2.45) is 0 Å². The minimum atomic E-state index is -1.01. The molecule has 4 rings (SSSR count). The molecule has 0 fully saturated rings. The van der Waals surface area contributed by atoms with Crippen LogP contribution in [-0.2, 0) is 17.8 Å². The number of Topliss-reactive ketones (excluding diaryl/α,β-unsaturated/α-hetero) is 1. The lowest BCUT2D eigenvalue weighted by molar-refractivity contribution is -0.137. The van der Waals surface area contributed by atoms with Crippen LogP contribution in [-0.4, -0.2) is 36.0 Å². The van der Waals surface area contributed by atoms with Gasteiger partial charge in [-0.3, -0.25) is 14.3 Å². The van der Waals surface area contributed by atoms with Crippen LogP contribution in [0.1, 0.15) is 29.9 Å². The van der Waals surface area contributed by atoms with Gasteiger partial charge >= 0.3 is 5.97 Å². The summed E-state index contributed by atoms with van der Waals surface area (Å²) < 4.78 is 3.33. The molecule has 7 heteroatoms. The first-order valence-corrected chi connectivity index (χ1v) is 8.66. The van der Waals surface area contributed by atoms with Gasteiger partial charge in [0.05, 0.1) is 5.52 Å². The Labute approximate surface area is 154 Å². The van der Waals surface area contributed by atoms with Gasteiger partial charge in [-0.2, -0.15) is 5.10 Å². The van der Waals surface area contributed by atoms with Crippen molar-refractivity contribution in [3.05, 3.63) is 54.1 Å². The largest absolute Gasteiger partial charge is 0.480 e. The SMILES string of the molecule is CCc1cc2ncc(-c3ccc4c(c3)c(C(C)=O)nn4CC(=O)O)cn2c1. The van der Waals surface area contributed by atoms with Crippen LogP contribution in [0, 0.1) is 0 Å². The predicted molar refractivity (Wildman–Crippen MR) is 101 cm³/mol. The maximum absolute atomic E-state index is 12.0. The van der Waals surface area contributed by atoms with Gasteiger partial charge in [0.15, 0.2) is 5.78 Å². The average Bonchev–Trinajstić information content (AvgIpc) is 3.21. The minimum Gasteiger partial charge on any atom is -0.480 e. The van der Waals surface area contributed by atoms with E-state index in [1.165, 1.54) is 17.2 Å². The van der Waals surface area contributed by atoms with E-state index < -0.39 is 5.97 Å². The summed E-state index contributed by atoms with van der Waals surface area (Å²) in [5, 5.41) is 13.9. The molecule has 0 unspecified atom stereocenters. The van der Waals surface area contributed by atoms with E-state index in [1.807, 2.05) is 22.7 Å². The molecule has 0 radical (unpaired) electrons. The van der Waals surface area contributed by atoms with Gasteiger partial charge in [-0.05, 0) is 35.7 Å². The zero-order valence-corrected chi connectivity index (χ0v) is 15.0. The number of fused-ring (bicyclic) bond motifs is 2. The summed E-state index contributed by atoms with van der Waals surface area (Å²) in [5.74, 6) is -1.21. The standard InChI is InChI=1S/C20H18N4O3/c1-3-13-6-18-21-8-15(10-23(18)9-13)14-4-5-17-16(7-14)20(12(2)25)22-24(17)11-19(26)27/h4-10H,3,11H2,1-2H3,(H,26,27). The molecule has 1 N–H and O–H groups in total. The van der Waals surface area contributed by atoms with Crippen molar-refractivity contribution in [1.29, 1.82) is 0 Å². The highest BCUT2D eigenvalue weighted by molar-refractivity contribution is 6.06. The molecule has 3 aromatic heterocycles. The molecule has 136 valence electrons. The molecule has 0 aliphatic carbocycles. The predicted octanol–water partition coefficient (Wildman–Crippen LogP) is 3.20. The Balaban J connectivity index is 1.86. The third-order valence-electron chi connectivity index (χ3n) is 4.61. The fourth-order valence-electron chi connectivity index (χ4n) is 3.26. The molecule has 0 spiro atoms. The molecule has 4 aromatic rings. The minimum absolute atomic E-state index is 0.201. The lowest BCUT2D eigenvalue weighted by Gasteiger charge is -2.04. The number of benzene rings is 1. The van der Waals surface area contributed by atoms with Crippen LogP contribution in [0.15, 0.2) is 42.9 Å². The number of aliphatic carboxylic acids is 1. The number of ketones is 1. The van der Waals surface area contributed by atoms with Crippen LogP contribution >= 0.6 is 0 Å². The van der Waals surface area contributed by atoms with Gasteiger partial charge in [0.25, 0.3) is 0 Å². The first-order chi connectivity index (χ1) is 13.0. The maximum atomic E-state index is 12.0. The van der Waals surface area contributed by atoms with Crippen LogP contribution in [0.25, 0.3) is 27.7 Å². The van der Waals surface area contributed by atoms with E-state index >= 15 is 0 Å². The van der Waals surface area contributed by atoms with Crippen molar-refractivity contribution in [2.45, 2.75) is 26.8 Å². The van der Waals surface area contributed by atoms with Crippen LogP contribution in [0.2, 0.25) is 0 Å². The van der Waals surface area contributed by atoms with E-state index in [0.717, 1.165) is 23.2 Å². The van der Waals surface area contributed by atoms with Gasteiger partial charge in [0.1, 0.15) is 17.9 Å². The monoisotopic (exact) mass is 362 g/mol. The number of rotatable bonds is 5. The number of carboxylic acids is 1. The number of carboxylic acid groups (broad SMARTS) is 1. The normalized spacial score (nSPS) is 11.3. The molecule has 0 saturated carbocycles. The Kier molecular flexibility index (Phi) is 3.99. The van der Waals surface area contributed by atoms with E-state index in [4.69, 9.17) is 5.11 Å². The van der Waals surface area contributed by atoms with Crippen LogP contribution in [0.5, 0.6) is 0 Å². The number of aryl methyl sites for hydroxylation is 1. The van der Waals surface area contributed by atoms with Gasteiger partial charge in [-0.25, -0.2) is 4.98 Å². The van der Waals surface area contributed by atoms with E-state index in [9.17, 15) is 9.59 Å². The Morgan fingerprint density at radius 2 is 1.96 bits per heavy atom. The van der Waals surface area contributed by atoms with E-state index in [-0.39, 0.29) is 18.0 Å². The summed E-state index contributed by atoms with van der Waals surface area (Å²) in [7, 11) is 0. The van der Waals surface area contributed by atoms with Gasteiger partial charge < -0.3 is 9.51 Å². The van der Waals surface area contributed by atoms with Crippen molar-refractivity contribution < 1.29 is 14.7 Å². The molecule has 27 heavy (non-hydrogen) atoms. The maximum Gasteiger partial charge on any atom is 0.325 e. The Bertz CT molecular complexity index is 1200. The molecule has 0 amide bonds. The summed E-state index contributed by atoms with van der Waals surface area (Å²) >= 11 is 0. The van der Waals surface area contributed by atoms with E-state index in [0.29, 0.717) is 10.9 Å². The van der Waals surface area contributed by atoms with Gasteiger partial charge in [0, 0.05) is 36.5 Å². The second-order valence-corrected chi connectivity index (χ2v) is 6.50. The summed E-state index contributed by atoms with van der Waals surface area (Å²) in [6.45, 7) is 3.24. The molecule has 1 aromatic carbocycles. The van der Waals surface area contributed by atoms with Crippen LogP contribution < -0.4 is 0 Å². The van der Waals surface area contributed by atoms with Crippen molar-refractivity contribution in [2.75, 3.05) is 0 Å². The Hall–Kier alpha value is -3.48. The summed E-state index contributed by atoms with van der Waals surface area (Å²) in [5.41, 5.74) is 4.79. The number of carbonyl (C=O) groups is 2. The quantitative estimate of drug-likeness (QED) is 0.551. The molecule has 0 atom stereocenters. The zero-order chi connectivity index (χ0) is 19.1. The van der Waals surface area contributed by atoms with Crippen molar-refractivity contribution in [1.82, 2.24) is 19.2 Å². The van der Waals surface area contributed by atoms with Gasteiger partial charge in [-0.1, -0.05) is 13.0 Å². The number of aromatic nitrogens is 4. The van der Waals surface area contributed by atoms with Gasteiger partial charge in [-0.15, -0.1) is 0 Å². The highest BCUT2D eigenvalue weighted by atomic mass is 16.4. The lowest BCUT2D eigenvalue weighted by atomic mass is 10.0. The van der Waals surface area contributed by atoms with Gasteiger partial charge in [0.2, 0.25) is 0 Å². The lowest BCUT2D eigenvalue weighted by Crippen LogP contribution is -2.10. The second-order valence-electron chi connectivity index (χ2n) is 6.50. The Morgan fingerprint density at radius 1 is 1.15 bits per heavy atom. The molecule has 0 bridgehead atoms. The summed E-state index contributed by atoms with van der Waals surface area (Å²) in [6, 6.07) is 7.60. The van der Waals surface area contributed by atoms with Crippen LogP contribution in [0.3, 0.4) is 0 Å². The molecule has 0 saturated heterocycles. The first-order valence-electron chi connectivity index (χ1n) is 8.66. The highest BCUT2D eigenvalue weighted by Gasteiger charge is 2.16. The third-order valence-corrected chi connectivity index (χ3v) is 4.61. The van der Waals surface area contributed by atoms with Crippen LogP contribution in [0.4, 0.5) is 0 Å². The number of nitrogens with zero attached hydrogens (tertiary/aromatic N) is 4. The van der Waals surface area contributed by atoms with Crippen molar-refractivity contribution in [3.8, 4) is 11.1 Å².